The van der Waals surface area contributed by atoms with Crippen LogP contribution in [-0.2, 0) is 11.3 Å². The highest BCUT2D eigenvalue weighted by molar-refractivity contribution is 6.42. The summed E-state index contributed by atoms with van der Waals surface area (Å²) in [5.41, 5.74) is 10.1. The SMILES string of the molecule is NC(=O)C(=O)c1ncn(CCO)c1N. The molecule has 0 bridgehead atoms. The Morgan fingerprint density at radius 3 is 2.71 bits per heavy atom. The fourth-order valence-corrected chi connectivity index (χ4v) is 0.969. The predicted octanol–water partition coefficient (Wildman–Crippen LogP) is -1.87. The standard InChI is InChI=1S/C7H10N4O3/c8-6-4(5(13)7(9)14)10-3-11(6)1-2-12/h3,12H,1-2,8H2,(H2,9,14). The third kappa shape index (κ3) is 1.72. The maximum Gasteiger partial charge on any atom is 0.291 e. The van der Waals surface area contributed by atoms with E-state index in [1.807, 2.05) is 0 Å². The molecule has 76 valence electrons. The first-order valence-electron chi connectivity index (χ1n) is 3.83. The zero-order valence-corrected chi connectivity index (χ0v) is 7.30. The van der Waals surface area contributed by atoms with Crippen LogP contribution < -0.4 is 11.5 Å². The maximum absolute atomic E-state index is 11.1. The first-order valence-corrected chi connectivity index (χ1v) is 3.83. The Morgan fingerprint density at radius 1 is 1.57 bits per heavy atom. The van der Waals surface area contributed by atoms with Crippen LogP contribution in [0.25, 0.3) is 0 Å². The highest BCUT2D eigenvalue weighted by atomic mass is 16.3. The number of rotatable bonds is 4. The van der Waals surface area contributed by atoms with E-state index in [0.717, 1.165) is 0 Å². The summed E-state index contributed by atoms with van der Waals surface area (Å²) in [7, 11) is 0. The van der Waals surface area contributed by atoms with E-state index in [2.05, 4.69) is 4.98 Å². The van der Waals surface area contributed by atoms with E-state index < -0.39 is 11.7 Å². The Morgan fingerprint density at radius 2 is 2.21 bits per heavy atom. The van der Waals surface area contributed by atoms with Gasteiger partial charge in [0.05, 0.1) is 12.9 Å². The molecule has 7 heteroatoms. The molecule has 0 spiro atoms. The van der Waals surface area contributed by atoms with Gasteiger partial charge in [-0.15, -0.1) is 0 Å². The van der Waals surface area contributed by atoms with Crippen molar-refractivity contribution in [2.75, 3.05) is 12.3 Å². The summed E-state index contributed by atoms with van der Waals surface area (Å²) in [6.07, 6.45) is 1.27. The molecule has 1 aromatic heterocycles. The zero-order valence-electron chi connectivity index (χ0n) is 7.30. The van der Waals surface area contributed by atoms with Gasteiger partial charge in [0.1, 0.15) is 5.82 Å². The Hall–Kier alpha value is -1.89. The minimum atomic E-state index is -1.11. The minimum absolute atomic E-state index is 0.0304. The molecule has 5 N–H and O–H groups in total. The topological polar surface area (TPSA) is 124 Å². The molecule has 0 aliphatic rings. The van der Waals surface area contributed by atoms with E-state index in [0.29, 0.717) is 0 Å². The van der Waals surface area contributed by atoms with Gasteiger partial charge in [0.25, 0.3) is 11.7 Å². The van der Waals surface area contributed by atoms with Gasteiger partial charge in [-0.25, -0.2) is 4.98 Å². The normalized spacial score (nSPS) is 10.1. The largest absolute Gasteiger partial charge is 0.395 e. The number of aromatic nitrogens is 2. The molecule has 0 saturated heterocycles. The fraction of sp³-hybridized carbons (Fsp3) is 0.286. The number of aliphatic hydroxyl groups is 1. The van der Waals surface area contributed by atoms with Crippen molar-refractivity contribution in [1.29, 1.82) is 0 Å². The number of primary amides is 1. The van der Waals surface area contributed by atoms with Gasteiger partial charge in [0.2, 0.25) is 0 Å². The summed E-state index contributed by atoms with van der Waals surface area (Å²) in [5.74, 6) is -2.01. The van der Waals surface area contributed by atoms with Crippen molar-refractivity contribution < 1.29 is 14.7 Å². The summed E-state index contributed by atoms with van der Waals surface area (Å²) >= 11 is 0. The zero-order chi connectivity index (χ0) is 10.7. The van der Waals surface area contributed by atoms with Gasteiger partial charge in [-0.1, -0.05) is 0 Å². The number of nitrogens with two attached hydrogens (primary N) is 2. The molecule has 1 rings (SSSR count). The van der Waals surface area contributed by atoms with Crippen LogP contribution in [0.5, 0.6) is 0 Å². The third-order valence-electron chi connectivity index (χ3n) is 1.66. The number of aliphatic hydroxyl groups excluding tert-OH is 1. The molecule has 0 fully saturated rings. The average Bonchev–Trinajstić information content (AvgIpc) is 2.48. The van der Waals surface area contributed by atoms with Crippen LogP contribution in [0.4, 0.5) is 5.82 Å². The number of imidazole rings is 1. The Kier molecular flexibility index (Phi) is 2.82. The van der Waals surface area contributed by atoms with Crippen molar-refractivity contribution >= 4 is 17.5 Å². The van der Waals surface area contributed by atoms with Crippen molar-refractivity contribution in [2.45, 2.75) is 6.54 Å². The maximum atomic E-state index is 11.1. The van der Waals surface area contributed by atoms with Crippen LogP contribution in [0.2, 0.25) is 0 Å². The molecular formula is C7H10N4O3. The van der Waals surface area contributed by atoms with E-state index in [1.165, 1.54) is 10.9 Å². The van der Waals surface area contributed by atoms with E-state index in [9.17, 15) is 9.59 Å². The number of hydrogen-bond acceptors (Lipinski definition) is 5. The third-order valence-corrected chi connectivity index (χ3v) is 1.66. The van der Waals surface area contributed by atoms with Gasteiger partial charge in [-0.05, 0) is 0 Å². The summed E-state index contributed by atoms with van der Waals surface area (Å²) < 4.78 is 1.36. The Balaban J connectivity index is 3.00. The van der Waals surface area contributed by atoms with E-state index in [1.54, 1.807) is 0 Å². The number of carbonyl (C=O) groups excluding carboxylic acids is 2. The van der Waals surface area contributed by atoms with Crippen molar-refractivity contribution in [3.05, 3.63) is 12.0 Å². The van der Waals surface area contributed by atoms with Gasteiger partial charge in [-0.3, -0.25) is 9.59 Å². The molecule has 0 aromatic carbocycles. The monoisotopic (exact) mass is 198 g/mol. The highest BCUT2D eigenvalue weighted by Crippen LogP contribution is 2.09. The number of hydrogen-bond donors (Lipinski definition) is 3. The lowest BCUT2D eigenvalue weighted by molar-refractivity contribution is -0.114. The van der Waals surface area contributed by atoms with E-state index in [-0.39, 0.29) is 24.7 Å². The molecule has 1 amide bonds. The first-order chi connectivity index (χ1) is 6.57. The molecule has 0 aliphatic heterocycles. The van der Waals surface area contributed by atoms with Gasteiger partial charge in [-0.2, -0.15) is 0 Å². The fourth-order valence-electron chi connectivity index (χ4n) is 0.969. The summed E-state index contributed by atoms with van der Waals surface area (Å²) in [5, 5.41) is 8.62. The smallest absolute Gasteiger partial charge is 0.291 e. The first kappa shape index (κ1) is 10.2. The summed E-state index contributed by atoms with van der Waals surface area (Å²) in [6, 6.07) is 0. The van der Waals surface area contributed by atoms with Gasteiger partial charge < -0.3 is 21.1 Å². The van der Waals surface area contributed by atoms with Crippen molar-refractivity contribution in [2.24, 2.45) is 5.73 Å². The van der Waals surface area contributed by atoms with Crippen molar-refractivity contribution in [3.63, 3.8) is 0 Å². The van der Waals surface area contributed by atoms with Crippen LogP contribution >= 0.6 is 0 Å². The van der Waals surface area contributed by atoms with Gasteiger partial charge in [0.15, 0.2) is 5.69 Å². The molecule has 1 aromatic rings. The second kappa shape index (κ2) is 3.88. The van der Waals surface area contributed by atoms with Crippen LogP contribution in [-0.4, -0.2) is 33.0 Å². The average molecular weight is 198 g/mol. The lowest BCUT2D eigenvalue weighted by Gasteiger charge is -2.01. The Bertz CT molecular complexity index is 371. The van der Waals surface area contributed by atoms with Crippen LogP contribution in [0, 0.1) is 0 Å². The number of anilines is 1. The number of nitrogen functional groups attached to an aromatic ring is 1. The van der Waals surface area contributed by atoms with Gasteiger partial charge >= 0.3 is 0 Å². The number of carbonyl (C=O) groups is 2. The molecule has 0 aliphatic carbocycles. The highest BCUT2D eigenvalue weighted by Gasteiger charge is 2.19. The van der Waals surface area contributed by atoms with Crippen molar-refractivity contribution in [3.8, 4) is 0 Å². The number of ketones is 1. The summed E-state index contributed by atoms with van der Waals surface area (Å²) in [6.45, 7) is 0.0790. The van der Waals surface area contributed by atoms with Crippen LogP contribution in [0.15, 0.2) is 6.33 Å². The molecule has 0 saturated carbocycles. The molecule has 14 heavy (non-hydrogen) atoms. The Labute approximate surface area is 79.3 Å². The molecule has 0 radical (unpaired) electrons. The quantitative estimate of drug-likeness (QED) is 0.386. The second-order valence-corrected chi connectivity index (χ2v) is 2.59. The molecular weight excluding hydrogens is 188 g/mol. The second-order valence-electron chi connectivity index (χ2n) is 2.59. The minimum Gasteiger partial charge on any atom is -0.395 e. The lowest BCUT2D eigenvalue weighted by Crippen LogP contribution is -2.24. The summed E-state index contributed by atoms with van der Waals surface area (Å²) in [4.78, 5) is 25.3. The molecule has 0 unspecified atom stereocenters. The lowest BCUT2D eigenvalue weighted by atomic mass is 10.3. The number of nitrogens with zero attached hydrogens (tertiary/aromatic N) is 2. The van der Waals surface area contributed by atoms with Crippen LogP contribution in [0.3, 0.4) is 0 Å². The molecule has 7 nitrogen and oxygen atoms in total. The number of amides is 1. The van der Waals surface area contributed by atoms with E-state index in [4.69, 9.17) is 16.6 Å². The predicted molar refractivity (Wildman–Crippen MR) is 47.3 cm³/mol. The van der Waals surface area contributed by atoms with Crippen LogP contribution in [0.1, 0.15) is 10.5 Å². The number of Topliss-reactive ketones (excluding diaryl/α,β-unsaturated/α-hetero) is 1. The van der Waals surface area contributed by atoms with E-state index >= 15 is 0 Å². The van der Waals surface area contributed by atoms with Crippen molar-refractivity contribution in [1.82, 2.24) is 9.55 Å². The molecule has 0 atom stereocenters. The van der Waals surface area contributed by atoms with Gasteiger partial charge in [0, 0.05) is 6.54 Å². The molecule has 1 heterocycles.